The number of pyridine rings is 2. The van der Waals surface area contributed by atoms with Crippen LogP contribution in [0, 0.1) is 6.07 Å². The van der Waals surface area contributed by atoms with Crippen LogP contribution in [-0.2, 0) is 20.1 Å². The van der Waals surface area contributed by atoms with E-state index in [-0.39, 0.29) is 25.8 Å². The zero-order chi connectivity index (χ0) is 20.1. The third kappa shape index (κ3) is 4.95. The average molecular weight is 570 g/mol. The number of carboxylic acids is 1. The first kappa shape index (κ1) is 21.3. The molecule has 4 nitrogen and oxygen atoms in total. The maximum Gasteiger partial charge on any atom is 0.354 e. The molecule has 0 fully saturated rings. The van der Waals surface area contributed by atoms with Crippen LogP contribution in [0.4, 0.5) is 0 Å². The molecule has 0 bridgehead atoms. The first-order valence-corrected chi connectivity index (χ1v) is 9.13. The molecular weight excluding hydrogens is 553 g/mol. The van der Waals surface area contributed by atoms with Crippen LogP contribution < -0.4 is 0 Å². The van der Waals surface area contributed by atoms with Crippen molar-refractivity contribution >= 4 is 27.8 Å². The van der Waals surface area contributed by atoms with Crippen LogP contribution in [0.25, 0.3) is 33.1 Å². The van der Waals surface area contributed by atoms with Gasteiger partial charge in [-0.2, -0.15) is 0 Å². The van der Waals surface area contributed by atoms with Crippen LogP contribution in [0.5, 0.6) is 0 Å². The quantitative estimate of drug-likeness (QED) is 0.280. The summed E-state index contributed by atoms with van der Waals surface area (Å²) in [6, 6.07) is 34.0. The molecule has 0 aliphatic rings. The molecule has 0 amide bonds. The van der Waals surface area contributed by atoms with E-state index >= 15 is 0 Å². The van der Waals surface area contributed by atoms with Crippen molar-refractivity contribution in [2.75, 3.05) is 0 Å². The third-order valence-corrected chi connectivity index (χ3v) is 4.40. The van der Waals surface area contributed by atoms with Gasteiger partial charge in [0.1, 0.15) is 5.69 Å². The molecule has 0 spiro atoms. The second-order valence-corrected chi connectivity index (χ2v) is 6.36. The molecule has 5 heteroatoms. The molecule has 0 unspecified atom stereocenters. The standard InChI is InChI=1S/C15H10N.C10H7NO2.Ir/c1-2-6-12(7-3-1)15-11-10-13-8-4-5-9-14(13)16-15;12-10(13)9-6-5-7-3-1-2-4-8(7)11-9;/h1-6,8-11H;1-6H,(H,12,13);/q-1;;. The van der Waals surface area contributed by atoms with Crippen LogP contribution in [0.2, 0.25) is 0 Å². The fourth-order valence-corrected chi connectivity index (χ4v) is 2.95. The van der Waals surface area contributed by atoms with Gasteiger partial charge >= 0.3 is 5.97 Å². The number of rotatable bonds is 2. The Morgan fingerprint density at radius 2 is 1.30 bits per heavy atom. The Kier molecular flexibility index (Phi) is 7.02. The molecule has 5 aromatic rings. The van der Waals surface area contributed by atoms with Gasteiger partial charge < -0.3 is 5.11 Å². The van der Waals surface area contributed by atoms with Gasteiger partial charge in [0.25, 0.3) is 0 Å². The molecule has 5 rings (SSSR count). The summed E-state index contributed by atoms with van der Waals surface area (Å²) in [5.74, 6) is -0.995. The maximum absolute atomic E-state index is 10.6. The number of aromatic nitrogens is 2. The number of nitrogens with zero attached hydrogens (tertiary/aromatic N) is 2. The Balaban J connectivity index is 0.000000169. The van der Waals surface area contributed by atoms with Crippen LogP contribution in [0.3, 0.4) is 0 Å². The maximum atomic E-state index is 10.6. The topological polar surface area (TPSA) is 63.1 Å². The van der Waals surface area contributed by atoms with Crippen molar-refractivity contribution in [3.63, 3.8) is 0 Å². The number of carbonyl (C=O) groups is 1. The molecule has 0 atom stereocenters. The van der Waals surface area contributed by atoms with E-state index in [1.165, 1.54) is 11.5 Å². The molecule has 0 saturated carbocycles. The Morgan fingerprint density at radius 1 is 0.700 bits per heavy atom. The van der Waals surface area contributed by atoms with Gasteiger partial charge in [-0.3, -0.25) is 4.98 Å². The van der Waals surface area contributed by atoms with Crippen molar-refractivity contribution in [3.05, 3.63) is 109 Å². The smallest absolute Gasteiger partial charge is 0.354 e. The Morgan fingerprint density at radius 3 is 1.93 bits per heavy atom. The molecular formula is C25H17IrN2O2-. The van der Waals surface area contributed by atoms with E-state index in [0.717, 1.165) is 22.2 Å². The average Bonchev–Trinajstić information content (AvgIpc) is 2.79. The summed E-state index contributed by atoms with van der Waals surface area (Å²) in [7, 11) is 0. The fraction of sp³-hybridized carbons (Fsp3) is 0. The number of benzene rings is 3. The minimum Gasteiger partial charge on any atom is -0.477 e. The summed E-state index contributed by atoms with van der Waals surface area (Å²) < 4.78 is 0. The molecule has 1 radical (unpaired) electrons. The first-order chi connectivity index (χ1) is 14.2. The monoisotopic (exact) mass is 570 g/mol. The van der Waals surface area contributed by atoms with Crippen LogP contribution in [0.15, 0.2) is 97.1 Å². The second-order valence-electron chi connectivity index (χ2n) is 6.36. The van der Waals surface area contributed by atoms with Gasteiger partial charge in [0.05, 0.1) is 11.0 Å². The second kappa shape index (κ2) is 9.88. The summed E-state index contributed by atoms with van der Waals surface area (Å²) in [6.45, 7) is 0. The van der Waals surface area contributed by atoms with Crippen molar-refractivity contribution in [3.8, 4) is 11.3 Å². The van der Waals surface area contributed by atoms with Crippen molar-refractivity contribution in [2.45, 2.75) is 0 Å². The molecule has 0 aliphatic carbocycles. The summed E-state index contributed by atoms with van der Waals surface area (Å²) in [4.78, 5) is 19.2. The van der Waals surface area contributed by atoms with Gasteiger partial charge in [-0.15, -0.1) is 35.9 Å². The van der Waals surface area contributed by atoms with E-state index in [2.05, 4.69) is 28.2 Å². The van der Waals surface area contributed by atoms with Gasteiger partial charge in [0.2, 0.25) is 0 Å². The molecule has 3 aromatic carbocycles. The van der Waals surface area contributed by atoms with Gasteiger partial charge in [0.15, 0.2) is 0 Å². The van der Waals surface area contributed by atoms with Crippen molar-refractivity contribution in [1.29, 1.82) is 0 Å². The summed E-state index contributed by atoms with van der Waals surface area (Å²) >= 11 is 0. The Bertz CT molecular complexity index is 1290. The van der Waals surface area contributed by atoms with Gasteiger partial charge in [0, 0.05) is 25.5 Å². The van der Waals surface area contributed by atoms with Gasteiger partial charge in [-0.25, -0.2) is 9.78 Å². The van der Waals surface area contributed by atoms with E-state index in [1.54, 1.807) is 12.1 Å². The molecule has 30 heavy (non-hydrogen) atoms. The number of fused-ring (bicyclic) bond motifs is 2. The van der Waals surface area contributed by atoms with E-state index in [4.69, 9.17) is 5.11 Å². The van der Waals surface area contributed by atoms with E-state index < -0.39 is 5.97 Å². The number of aromatic carboxylic acids is 1. The Labute approximate surface area is 187 Å². The normalized spacial score (nSPS) is 10.0. The number of hydrogen-bond acceptors (Lipinski definition) is 3. The Hall–Kier alpha value is -3.40. The number of para-hydroxylation sites is 2. The molecule has 1 N–H and O–H groups in total. The zero-order valence-electron chi connectivity index (χ0n) is 15.8. The molecule has 0 saturated heterocycles. The van der Waals surface area contributed by atoms with Crippen LogP contribution in [-0.4, -0.2) is 21.0 Å². The van der Waals surface area contributed by atoms with Crippen molar-refractivity contribution in [2.24, 2.45) is 0 Å². The molecule has 2 heterocycles. The van der Waals surface area contributed by atoms with Crippen LogP contribution >= 0.6 is 0 Å². The molecule has 2 aromatic heterocycles. The number of hydrogen-bond donors (Lipinski definition) is 1. The minimum atomic E-state index is -0.995. The minimum absolute atomic E-state index is 0. The third-order valence-electron chi connectivity index (χ3n) is 4.40. The molecule has 0 aliphatic heterocycles. The largest absolute Gasteiger partial charge is 0.477 e. The summed E-state index contributed by atoms with van der Waals surface area (Å²) in [6.07, 6.45) is 0. The SMILES string of the molecule is O=C(O)c1ccc2ccccc2n1.[Ir].[c-]1ccccc1-c1ccc2ccccc2n1. The molecule has 149 valence electrons. The number of carboxylic acid groups (broad SMARTS) is 1. The van der Waals surface area contributed by atoms with E-state index in [0.29, 0.717) is 5.52 Å². The van der Waals surface area contributed by atoms with Gasteiger partial charge in [-0.05, 0) is 29.3 Å². The predicted molar refractivity (Wildman–Crippen MR) is 115 cm³/mol. The predicted octanol–water partition coefficient (Wildman–Crippen LogP) is 5.63. The zero-order valence-corrected chi connectivity index (χ0v) is 18.2. The van der Waals surface area contributed by atoms with E-state index in [9.17, 15) is 4.79 Å². The van der Waals surface area contributed by atoms with Crippen molar-refractivity contribution in [1.82, 2.24) is 9.97 Å². The summed E-state index contributed by atoms with van der Waals surface area (Å²) in [5.41, 5.74) is 3.82. The van der Waals surface area contributed by atoms with Gasteiger partial charge in [-0.1, -0.05) is 54.6 Å². The van der Waals surface area contributed by atoms with Crippen LogP contribution in [0.1, 0.15) is 10.5 Å². The van der Waals surface area contributed by atoms with E-state index in [1.807, 2.05) is 66.7 Å². The first-order valence-electron chi connectivity index (χ1n) is 9.13. The summed E-state index contributed by atoms with van der Waals surface area (Å²) in [5, 5.41) is 10.8. The van der Waals surface area contributed by atoms with Crippen molar-refractivity contribution < 1.29 is 30.0 Å². The fourth-order valence-electron chi connectivity index (χ4n) is 2.95.